The zero-order chi connectivity index (χ0) is 18.6. The number of anilines is 1. The Balaban J connectivity index is 1.38. The molecular formula is C22H22FN3O. The second kappa shape index (κ2) is 7.84. The number of para-hydroxylation sites is 1. The fraction of sp³-hybridized carbons (Fsp3) is 0.273. The van der Waals surface area contributed by atoms with Gasteiger partial charge < -0.3 is 5.32 Å². The van der Waals surface area contributed by atoms with Gasteiger partial charge in [-0.2, -0.15) is 0 Å². The first kappa shape index (κ1) is 17.6. The van der Waals surface area contributed by atoms with Crippen molar-refractivity contribution in [1.29, 1.82) is 0 Å². The molecule has 1 aromatic heterocycles. The summed E-state index contributed by atoms with van der Waals surface area (Å²) in [6.45, 7) is 2.29. The minimum atomic E-state index is -0.234. The molecule has 0 radical (unpaired) electrons. The molecule has 0 spiro atoms. The van der Waals surface area contributed by atoms with E-state index >= 15 is 0 Å². The molecule has 138 valence electrons. The lowest BCUT2D eigenvalue weighted by atomic mass is 9.95. The van der Waals surface area contributed by atoms with Crippen molar-refractivity contribution in [3.8, 4) is 0 Å². The average molecular weight is 363 g/mol. The van der Waals surface area contributed by atoms with Crippen LogP contribution in [0.2, 0.25) is 0 Å². The van der Waals surface area contributed by atoms with Gasteiger partial charge >= 0.3 is 0 Å². The van der Waals surface area contributed by atoms with Gasteiger partial charge in [-0.1, -0.05) is 24.3 Å². The predicted octanol–water partition coefficient (Wildman–Crippen LogP) is 4.22. The van der Waals surface area contributed by atoms with Crippen LogP contribution < -0.4 is 5.32 Å². The molecule has 27 heavy (non-hydrogen) atoms. The summed E-state index contributed by atoms with van der Waals surface area (Å²) in [5.74, 6) is -0.134. The van der Waals surface area contributed by atoms with E-state index in [0.29, 0.717) is 6.54 Å². The highest BCUT2D eigenvalue weighted by Gasteiger charge is 2.25. The van der Waals surface area contributed by atoms with E-state index in [1.165, 1.54) is 6.07 Å². The molecule has 1 N–H and O–H groups in total. The Morgan fingerprint density at radius 2 is 1.89 bits per heavy atom. The van der Waals surface area contributed by atoms with Crippen molar-refractivity contribution in [2.75, 3.05) is 18.4 Å². The van der Waals surface area contributed by atoms with Crippen LogP contribution in [0.25, 0.3) is 10.9 Å². The van der Waals surface area contributed by atoms with E-state index in [-0.39, 0.29) is 17.6 Å². The Bertz CT molecular complexity index is 937. The van der Waals surface area contributed by atoms with E-state index in [2.05, 4.69) is 15.2 Å². The number of amides is 1. The maximum absolute atomic E-state index is 13.9. The smallest absolute Gasteiger partial charge is 0.227 e. The summed E-state index contributed by atoms with van der Waals surface area (Å²) in [4.78, 5) is 19.2. The van der Waals surface area contributed by atoms with Crippen LogP contribution in [0.4, 0.5) is 10.1 Å². The van der Waals surface area contributed by atoms with Crippen LogP contribution in [0.3, 0.4) is 0 Å². The normalized spacial score (nSPS) is 15.7. The van der Waals surface area contributed by atoms with Crippen molar-refractivity contribution in [1.82, 2.24) is 9.88 Å². The number of hydrogen-bond donors (Lipinski definition) is 1. The third-order valence-electron chi connectivity index (χ3n) is 5.14. The number of piperidine rings is 1. The quantitative estimate of drug-likeness (QED) is 0.755. The van der Waals surface area contributed by atoms with Crippen LogP contribution in [0.1, 0.15) is 18.4 Å². The second-order valence-corrected chi connectivity index (χ2v) is 7.05. The molecule has 1 saturated heterocycles. The third-order valence-corrected chi connectivity index (χ3v) is 5.14. The number of benzene rings is 2. The Morgan fingerprint density at radius 1 is 1.11 bits per heavy atom. The fourth-order valence-electron chi connectivity index (χ4n) is 3.71. The number of likely N-dealkylation sites (tertiary alicyclic amines) is 1. The molecule has 0 unspecified atom stereocenters. The van der Waals surface area contributed by atoms with Gasteiger partial charge in [0.1, 0.15) is 5.82 Å². The number of halogens is 1. The molecule has 0 aliphatic carbocycles. The zero-order valence-corrected chi connectivity index (χ0v) is 15.1. The van der Waals surface area contributed by atoms with Gasteiger partial charge in [0.2, 0.25) is 5.91 Å². The largest absolute Gasteiger partial charge is 0.326 e. The molecule has 1 fully saturated rings. The molecule has 1 aliphatic rings. The minimum absolute atomic E-state index is 0.0174. The summed E-state index contributed by atoms with van der Waals surface area (Å²) in [5, 5.41) is 3.81. The summed E-state index contributed by atoms with van der Waals surface area (Å²) in [5.41, 5.74) is 2.59. The minimum Gasteiger partial charge on any atom is -0.326 e. The van der Waals surface area contributed by atoms with Gasteiger partial charge in [0, 0.05) is 29.7 Å². The van der Waals surface area contributed by atoms with E-state index in [9.17, 15) is 9.18 Å². The monoisotopic (exact) mass is 363 g/mol. The Kier molecular flexibility index (Phi) is 5.12. The number of hydrogen-bond acceptors (Lipinski definition) is 3. The number of carbonyl (C=O) groups excluding carboxylic acids is 1. The highest BCUT2D eigenvalue weighted by molar-refractivity contribution is 5.92. The molecular weight excluding hydrogens is 341 g/mol. The van der Waals surface area contributed by atoms with Crippen LogP contribution in [0, 0.1) is 11.7 Å². The lowest BCUT2D eigenvalue weighted by molar-refractivity contribution is -0.121. The van der Waals surface area contributed by atoms with Crippen LogP contribution in [-0.2, 0) is 11.3 Å². The van der Waals surface area contributed by atoms with Crippen molar-refractivity contribution in [3.63, 3.8) is 0 Å². The second-order valence-electron chi connectivity index (χ2n) is 7.05. The van der Waals surface area contributed by atoms with Gasteiger partial charge in [0.15, 0.2) is 0 Å². The van der Waals surface area contributed by atoms with Gasteiger partial charge in [0.25, 0.3) is 0 Å². The molecule has 3 aromatic rings. The standard InChI is InChI=1S/C22H22FN3O/c23-19-13-17-5-4-10-24-21(17)18(14-19)15-26-11-8-16(9-12-26)22(27)25-20-6-2-1-3-7-20/h1-7,10,13-14,16H,8-9,11-12,15H2,(H,25,27). The summed E-state index contributed by atoms with van der Waals surface area (Å²) < 4.78 is 13.9. The molecule has 4 nitrogen and oxygen atoms in total. The maximum Gasteiger partial charge on any atom is 0.227 e. The van der Waals surface area contributed by atoms with Crippen LogP contribution in [0.5, 0.6) is 0 Å². The van der Waals surface area contributed by atoms with Gasteiger partial charge in [0.05, 0.1) is 5.52 Å². The van der Waals surface area contributed by atoms with E-state index in [0.717, 1.165) is 48.1 Å². The summed E-state index contributed by atoms with van der Waals surface area (Å²) in [7, 11) is 0. The number of aromatic nitrogens is 1. The molecule has 2 aromatic carbocycles. The number of pyridine rings is 1. The molecule has 5 heteroatoms. The average Bonchev–Trinajstić information content (AvgIpc) is 2.69. The Morgan fingerprint density at radius 3 is 2.67 bits per heavy atom. The topological polar surface area (TPSA) is 45.2 Å². The number of nitrogens with one attached hydrogen (secondary N) is 1. The van der Waals surface area contributed by atoms with Crippen molar-refractivity contribution in [3.05, 3.63) is 72.2 Å². The summed E-state index contributed by atoms with van der Waals surface area (Å²) in [6, 6.07) is 16.3. The van der Waals surface area contributed by atoms with Crippen LogP contribution in [-0.4, -0.2) is 28.9 Å². The van der Waals surface area contributed by atoms with Crippen LogP contribution in [0.15, 0.2) is 60.8 Å². The molecule has 2 heterocycles. The van der Waals surface area contributed by atoms with E-state index in [1.807, 2.05) is 42.5 Å². The first-order valence-electron chi connectivity index (χ1n) is 9.30. The lowest BCUT2D eigenvalue weighted by Gasteiger charge is -2.31. The number of carbonyl (C=O) groups is 1. The third kappa shape index (κ3) is 4.14. The Hall–Kier alpha value is -2.79. The first-order chi connectivity index (χ1) is 13.2. The number of rotatable bonds is 4. The van der Waals surface area contributed by atoms with Gasteiger partial charge in [-0.15, -0.1) is 0 Å². The molecule has 0 bridgehead atoms. The van der Waals surface area contributed by atoms with Gasteiger partial charge in [-0.25, -0.2) is 4.39 Å². The molecule has 1 amide bonds. The molecule has 0 atom stereocenters. The molecule has 0 saturated carbocycles. The number of fused-ring (bicyclic) bond motifs is 1. The SMILES string of the molecule is O=C(Nc1ccccc1)C1CCN(Cc2cc(F)cc3cccnc23)CC1. The summed E-state index contributed by atoms with van der Waals surface area (Å²) in [6.07, 6.45) is 3.35. The summed E-state index contributed by atoms with van der Waals surface area (Å²) >= 11 is 0. The van der Waals surface area contributed by atoms with Crippen molar-refractivity contribution < 1.29 is 9.18 Å². The fourth-order valence-corrected chi connectivity index (χ4v) is 3.71. The zero-order valence-electron chi connectivity index (χ0n) is 15.1. The van der Waals surface area contributed by atoms with E-state index < -0.39 is 0 Å². The van der Waals surface area contributed by atoms with Crippen LogP contribution >= 0.6 is 0 Å². The van der Waals surface area contributed by atoms with Crippen molar-refractivity contribution >= 4 is 22.5 Å². The number of nitrogens with zero attached hydrogens (tertiary/aromatic N) is 2. The van der Waals surface area contributed by atoms with E-state index in [1.54, 1.807) is 12.3 Å². The maximum atomic E-state index is 13.9. The lowest BCUT2D eigenvalue weighted by Crippen LogP contribution is -2.37. The first-order valence-corrected chi connectivity index (χ1v) is 9.30. The predicted molar refractivity (Wildman–Crippen MR) is 105 cm³/mol. The van der Waals surface area contributed by atoms with E-state index in [4.69, 9.17) is 0 Å². The highest BCUT2D eigenvalue weighted by atomic mass is 19.1. The highest BCUT2D eigenvalue weighted by Crippen LogP contribution is 2.24. The molecule has 1 aliphatic heterocycles. The molecule has 4 rings (SSSR count). The van der Waals surface area contributed by atoms with Gasteiger partial charge in [-0.05, 0) is 61.8 Å². The Labute approximate surface area is 158 Å². The van der Waals surface area contributed by atoms with Gasteiger partial charge in [-0.3, -0.25) is 14.7 Å². The van der Waals surface area contributed by atoms with Crippen molar-refractivity contribution in [2.24, 2.45) is 5.92 Å². The van der Waals surface area contributed by atoms with Crippen molar-refractivity contribution in [2.45, 2.75) is 19.4 Å².